The smallest absolute Gasteiger partial charge is 0.206 e. The lowest BCUT2D eigenvalue weighted by atomic mass is 9.94. The molecule has 0 fully saturated rings. The highest BCUT2D eigenvalue weighted by Crippen LogP contribution is 2.35. The minimum absolute atomic E-state index is 0.0864. The van der Waals surface area contributed by atoms with Crippen LogP contribution in [-0.2, 0) is 0 Å². The number of phenolic OH excluding ortho intramolecular Hbond substituents is 1. The first-order valence-electron chi connectivity index (χ1n) is 7.58. The summed E-state index contributed by atoms with van der Waals surface area (Å²) >= 11 is 2.66. The topological polar surface area (TPSA) is 54.4 Å². The minimum atomic E-state index is -0.279. The van der Waals surface area contributed by atoms with E-state index in [1.807, 2.05) is 22.9 Å². The Morgan fingerprint density at radius 1 is 0.720 bits per heavy atom. The van der Waals surface area contributed by atoms with Gasteiger partial charge in [-0.15, -0.1) is 22.7 Å². The molecule has 0 atom stereocenters. The second-order valence-electron chi connectivity index (χ2n) is 5.48. The normalized spacial score (nSPS) is 10.9. The van der Waals surface area contributed by atoms with Crippen LogP contribution in [0.5, 0.6) is 5.75 Å². The summed E-state index contributed by atoms with van der Waals surface area (Å²) in [5.41, 5.74) is 0.580. The number of phenols is 1. The monoisotopic (exact) mass is 364 g/mol. The Morgan fingerprint density at radius 3 is 1.84 bits per heavy atom. The number of thiophene rings is 2. The molecule has 4 rings (SSSR count). The predicted octanol–water partition coefficient (Wildman–Crippen LogP) is 5.13. The zero-order chi connectivity index (χ0) is 17.4. The Hall–Kier alpha value is -2.76. The fourth-order valence-corrected chi connectivity index (χ4v) is 4.16. The van der Waals surface area contributed by atoms with Crippen LogP contribution >= 0.6 is 22.7 Å². The van der Waals surface area contributed by atoms with Gasteiger partial charge in [-0.05, 0) is 34.3 Å². The van der Waals surface area contributed by atoms with Crippen molar-refractivity contribution in [1.82, 2.24) is 0 Å². The number of carbonyl (C=O) groups is 2. The molecule has 0 aliphatic carbocycles. The molecule has 0 aliphatic rings. The molecule has 0 amide bonds. The Morgan fingerprint density at radius 2 is 1.28 bits per heavy atom. The summed E-state index contributed by atoms with van der Waals surface area (Å²) in [6.07, 6.45) is 0. The molecule has 2 aromatic carbocycles. The molecule has 25 heavy (non-hydrogen) atoms. The molecule has 0 bridgehead atoms. The molecule has 2 aromatic heterocycles. The summed E-state index contributed by atoms with van der Waals surface area (Å²) in [7, 11) is 0. The first-order valence-corrected chi connectivity index (χ1v) is 9.34. The predicted molar refractivity (Wildman–Crippen MR) is 101 cm³/mol. The van der Waals surface area contributed by atoms with Gasteiger partial charge in [-0.2, -0.15) is 0 Å². The van der Waals surface area contributed by atoms with Crippen LogP contribution in [-0.4, -0.2) is 16.7 Å². The molecule has 122 valence electrons. The molecule has 0 unspecified atom stereocenters. The lowest BCUT2D eigenvalue weighted by molar-refractivity contribution is 0.103. The molecule has 5 heteroatoms. The molecular formula is C20H12O3S2. The maximum Gasteiger partial charge on any atom is 0.206 e. The number of carbonyl (C=O) groups excluding carboxylic acids is 2. The number of hydrogen-bond acceptors (Lipinski definition) is 5. The van der Waals surface area contributed by atoms with Gasteiger partial charge >= 0.3 is 0 Å². The molecule has 0 aliphatic heterocycles. The van der Waals surface area contributed by atoms with Crippen LogP contribution in [0, 0.1) is 0 Å². The third kappa shape index (κ3) is 2.67. The van der Waals surface area contributed by atoms with Crippen molar-refractivity contribution in [3.63, 3.8) is 0 Å². The molecule has 1 N–H and O–H groups in total. The number of ketones is 2. The number of fused-ring (bicyclic) bond motifs is 1. The van der Waals surface area contributed by atoms with Crippen LogP contribution in [0.2, 0.25) is 0 Å². The zero-order valence-electron chi connectivity index (χ0n) is 12.9. The van der Waals surface area contributed by atoms with E-state index < -0.39 is 0 Å². The number of rotatable bonds is 4. The van der Waals surface area contributed by atoms with E-state index in [0.717, 1.165) is 0 Å². The van der Waals surface area contributed by atoms with Crippen molar-refractivity contribution in [2.75, 3.05) is 0 Å². The van der Waals surface area contributed by atoms with Crippen LogP contribution < -0.4 is 0 Å². The van der Waals surface area contributed by atoms with Gasteiger partial charge in [0.25, 0.3) is 0 Å². The van der Waals surface area contributed by atoms with Crippen molar-refractivity contribution in [1.29, 1.82) is 0 Å². The van der Waals surface area contributed by atoms with E-state index in [4.69, 9.17) is 0 Å². The Bertz CT molecular complexity index is 1080. The van der Waals surface area contributed by atoms with Crippen LogP contribution in [0.1, 0.15) is 30.5 Å². The highest BCUT2D eigenvalue weighted by atomic mass is 32.1. The quantitative estimate of drug-likeness (QED) is 0.511. The highest BCUT2D eigenvalue weighted by Gasteiger charge is 2.22. The van der Waals surface area contributed by atoms with Crippen LogP contribution in [0.4, 0.5) is 0 Å². The van der Waals surface area contributed by atoms with Crippen LogP contribution in [0.25, 0.3) is 10.8 Å². The van der Waals surface area contributed by atoms with Crippen molar-refractivity contribution in [3.8, 4) is 5.75 Å². The molecular weight excluding hydrogens is 352 g/mol. The maximum absolute atomic E-state index is 12.9. The highest BCUT2D eigenvalue weighted by molar-refractivity contribution is 7.12. The van der Waals surface area contributed by atoms with Crippen molar-refractivity contribution in [3.05, 3.63) is 86.2 Å². The summed E-state index contributed by atoms with van der Waals surface area (Å²) in [4.78, 5) is 26.8. The van der Waals surface area contributed by atoms with E-state index in [1.165, 1.54) is 28.7 Å². The lowest BCUT2D eigenvalue weighted by Gasteiger charge is -2.11. The van der Waals surface area contributed by atoms with E-state index >= 15 is 0 Å². The van der Waals surface area contributed by atoms with Crippen LogP contribution in [0.15, 0.2) is 65.4 Å². The summed E-state index contributed by atoms with van der Waals surface area (Å²) in [5, 5.41) is 15.4. The van der Waals surface area contributed by atoms with Gasteiger partial charge in [-0.3, -0.25) is 9.59 Å². The summed E-state index contributed by atoms with van der Waals surface area (Å²) in [6, 6.07) is 15.7. The standard InChI is InChI=1S/C20H12O3S2/c21-18-13-6-2-1-5-12(13)14(19(22)16-7-3-9-24-16)11-15(18)20(23)17-8-4-10-25-17/h1-11,21H. The van der Waals surface area contributed by atoms with Gasteiger partial charge in [-0.25, -0.2) is 0 Å². The summed E-state index contributed by atoms with van der Waals surface area (Å²) in [6.45, 7) is 0. The van der Waals surface area contributed by atoms with E-state index in [2.05, 4.69) is 0 Å². The summed E-state index contributed by atoms with van der Waals surface area (Å²) in [5.74, 6) is -0.512. The van der Waals surface area contributed by atoms with Gasteiger partial charge < -0.3 is 5.11 Å². The average molecular weight is 364 g/mol. The maximum atomic E-state index is 12.9. The van der Waals surface area contributed by atoms with Gasteiger partial charge in [-0.1, -0.05) is 36.4 Å². The Labute approximate surface area is 151 Å². The first kappa shape index (κ1) is 15.7. The molecule has 0 saturated carbocycles. The molecule has 4 aromatic rings. The molecule has 3 nitrogen and oxygen atoms in total. The van der Waals surface area contributed by atoms with Gasteiger partial charge in [0.2, 0.25) is 11.6 Å². The molecule has 2 heterocycles. The Balaban J connectivity index is 1.97. The lowest BCUT2D eigenvalue weighted by Crippen LogP contribution is -2.06. The second kappa shape index (κ2) is 6.27. The number of hydrogen-bond donors (Lipinski definition) is 1. The average Bonchev–Trinajstić information content (AvgIpc) is 3.35. The van der Waals surface area contributed by atoms with E-state index in [9.17, 15) is 14.7 Å². The summed E-state index contributed by atoms with van der Waals surface area (Å²) < 4.78 is 0. The third-order valence-corrected chi connectivity index (χ3v) is 5.73. The number of aromatic hydroxyl groups is 1. The third-order valence-electron chi connectivity index (χ3n) is 4.00. The largest absolute Gasteiger partial charge is 0.507 e. The molecule has 0 radical (unpaired) electrons. The van der Waals surface area contributed by atoms with Crippen LogP contribution in [0.3, 0.4) is 0 Å². The van der Waals surface area contributed by atoms with Gasteiger partial charge in [0, 0.05) is 10.9 Å². The van der Waals surface area contributed by atoms with Crippen molar-refractivity contribution in [2.45, 2.75) is 0 Å². The van der Waals surface area contributed by atoms with E-state index in [1.54, 1.807) is 36.4 Å². The van der Waals surface area contributed by atoms with E-state index in [-0.39, 0.29) is 22.9 Å². The SMILES string of the molecule is O=C(c1cccs1)c1cc(C(=O)c2cccs2)c2ccccc2c1O. The minimum Gasteiger partial charge on any atom is -0.507 e. The Kier molecular flexibility index (Phi) is 3.95. The zero-order valence-corrected chi connectivity index (χ0v) is 14.6. The number of benzene rings is 2. The first-order chi connectivity index (χ1) is 12.2. The van der Waals surface area contributed by atoms with Gasteiger partial charge in [0.1, 0.15) is 5.75 Å². The molecule has 0 saturated heterocycles. The van der Waals surface area contributed by atoms with Crippen molar-refractivity contribution >= 4 is 45.0 Å². The molecule has 0 spiro atoms. The van der Waals surface area contributed by atoms with E-state index in [0.29, 0.717) is 26.1 Å². The second-order valence-corrected chi connectivity index (χ2v) is 7.37. The van der Waals surface area contributed by atoms with Crippen molar-refractivity contribution < 1.29 is 14.7 Å². The van der Waals surface area contributed by atoms with Gasteiger partial charge in [0.15, 0.2) is 0 Å². The fraction of sp³-hybridized carbons (Fsp3) is 0. The van der Waals surface area contributed by atoms with Crippen molar-refractivity contribution in [2.24, 2.45) is 0 Å². The fourth-order valence-electron chi connectivity index (χ4n) is 2.80. The van der Waals surface area contributed by atoms with Gasteiger partial charge in [0.05, 0.1) is 15.3 Å².